The van der Waals surface area contributed by atoms with Crippen LogP contribution in [0.5, 0.6) is 0 Å². The highest BCUT2D eigenvalue weighted by atomic mass is 16.5. The van der Waals surface area contributed by atoms with Gasteiger partial charge in [0.25, 0.3) is 0 Å². The highest BCUT2D eigenvalue weighted by molar-refractivity contribution is 5.99. The molecular formula is C20H34N6O4. The zero-order valence-corrected chi connectivity index (χ0v) is 17.8. The fourth-order valence-corrected chi connectivity index (χ4v) is 3.63. The van der Waals surface area contributed by atoms with Gasteiger partial charge in [0.2, 0.25) is 0 Å². The number of ether oxygens (including phenoxy) is 1. The third-order valence-electron chi connectivity index (χ3n) is 5.36. The van der Waals surface area contributed by atoms with Gasteiger partial charge in [-0.2, -0.15) is 0 Å². The standard InChI is InChI=1S/C20H34N6O4/c1-3-4-12-30-14-23-18(21)17-19(22-2)26(20(29)24-17)9-5-8-25-10-6-15(7-11-25)13-16(27)28/h15H,2-14H2,1H3,(H2,21,23)(H,24,29)(H,27,28). The minimum absolute atomic E-state index is 0.132. The molecule has 0 radical (unpaired) electrons. The molecule has 10 heteroatoms. The van der Waals surface area contributed by atoms with Crippen LogP contribution in [0.15, 0.2) is 14.8 Å². The van der Waals surface area contributed by atoms with Crippen molar-refractivity contribution in [3.05, 3.63) is 16.2 Å². The van der Waals surface area contributed by atoms with Crippen LogP contribution < -0.4 is 11.4 Å². The summed E-state index contributed by atoms with van der Waals surface area (Å²) in [7, 11) is 0. The molecule has 168 valence electrons. The maximum atomic E-state index is 12.4. The number of piperidine rings is 1. The number of nitrogens with zero attached hydrogens (tertiary/aromatic N) is 4. The van der Waals surface area contributed by atoms with Gasteiger partial charge in [0.15, 0.2) is 5.82 Å². The Hall–Kier alpha value is -2.46. The minimum Gasteiger partial charge on any atom is -0.481 e. The van der Waals surface area contributed by atoms with Crippen molar-refractivity contribution in [3.8, 4) is 0 Å². The molecule has 1 aliphatic heterocycles. The second-order valence-electron chi connectivity index (χ2n) is 7.61. The van der Waals surface area contributed by atoms with E-state index >= 15 is 0 Å². The van der Waals surface area contributed by atoms with Crippen LogP contribution in [0.1, 0.15) is 51.1 Å². The Morgan fingerprint density at radius 1 is 1.33 bits per heavy atom. The number of aliphatic imine (C=N–C) groups is 2. The second-order valence-corrected chi connectivity index (χ2v) is 7.61. The fourth-order valence-electron chi connectivity index (χ4n) is 3.63. The number of imidazole rings is 1. The van der Waals surface area contributed by atoms with E-state index in [-0.39, 0.29) is 30.6 Å². The lowest BCUT2D eigenvalue weighted by Crippen LogP contribution is -2.35. The number of aliphatic carboxylic acids is 1. The number of carbonyl (C=O) groups is 1. The maximum absolute atomic E-state index is 12.4. The second kappa shape index (κ2) is 12.3. The summed E-state index contributed by atoms with van der Waals surface area (Å²) in [6.07, 6.45) is 4.80. The number of amidine groups is 1. The molecule has 1 aromatic rings. The lowest BCUT2D eigenvalue weighted by atomic mass is 9.93. The van der Waals surface area contributed by atoms with E-state index in [0.29, 0.717) is 24.7 Å². The average molecular weight is 423 g/mol. The molecule has 0 saturated carbocycles. The lowest BCUT2D eigenvalue weighted by molar-refractivity contribution is -0.138. The topological polar surface area (TPSA) is 138 Å². The summed E-state index contributed by atoms with van der Waals surface area (Å²) in [5.74, 6) is 0.0921. The van der Waals surface area contributed by atoms with E-state index in [2.05, 4.69) is 33.5 Å². The van der Waals surface area contributed by atoms with Crippen molar-refractivity contribution in [2.45, 2.75) is 52.0 Å². The van der Waals surface area contributed by atoms with Gasteiger partial charge in [0.05, 0.1) is 0 Å². The third-order valence-corrected chi connectivity index (χ3v) is 5.36. The first-order chi connectivity index (χ1) is 14.5. The van der Waals surface area contributed by atoms with Crippen LogP contribution in [0.4, 0.5) is 5.82 Å². The van der Waals surface area contributed by atoms with Crippen molar-refractivity contribution in [1.29, 1.82) is 0 Å². The van der Waals surface area contributed by atoms with Crippen LogP contribution in [-0.2, 0) is 16.1 Å². The van der Waals surface area contributed by atoms with Gasteiger partial charge in [0, 0.05) is 19.6 Å². The van der Waals surface area contributed by atoms with Gasteiger partial charge in [-0.05, 0) is 58.0 Å². The van der Waals surface area contributed by atoms with E-state index in [1.54, 1.807) is 0 Å². The molecule has 0 aliphatic carbocycles. The highest BCUT2D eigenvalue weighted by Crippen LogP contribution is 2.21. The van der Waals surface area contributed by atoms with Crippen LogP contribution in [0.25, 0.3) is 0 Å². The molecule has 0 bridgehead atoms. The number of unbranched alkanes of at least 4 members (excludes halogenated alkanes) is 1. The highest BCUT2D eigenvalue weighted by Gasteiger charge is 2.21. The van der Waals surface area contributed by atoms with Crippen molar-refractivity contribution in [2.24, 2.45) is 21.6 Å². The Morgan fingerprint density at radius 3 is 2.70 bits per heavy atom. The van der Waals surface area contributed by atoms with Crippen LogP contribution in [0.3, 0.4) is 0 Å². The molecule has 0 aromatic carbocycles. The number of aromatic amines is 1. The molecule has 10 nitrogen and oxygen atoms in total. The molecule has 1 fully saturated rings. The monoisotopic (exact) mass is 422 g/mol. The lowest BCUT2D eigenvalue weighted by Gasteiger charge is -2.31. The Labute approximate surface area is 176 Å². The number of nitrogens with one attached hydrogen (secondary N) is 1. The Morgan fingerprint density at radius 2 is 2.07 bits per heavy atom. The predicted molar refractivity (Wildman–Crippen MR) is 117 cm³/mol. The van der Waals surface area contributed by atoms with Crippen molar-refractivity contribution in [3.63, 3.8) is 0 Å². The molecule has 2 rings (SSSR count). The summed E-state index contributed by atoms with van der Waals surface area (Å²) in [6, 6.07) is 0. The molecule has 1 aliphatic rings. The number of carboxylic acids is 1. The summed E-state index contributed by atoms with van der Waals surface area (Å²) in [6.45, 7) is 9.48. The van der Waals surface area contributed by atoms with Crippen LogP contribution in [-0.4, -0.2) is 71.1 Å². The molecular weight excluding hydrogens is 388 g/mol. The molecule has 0 amide bonds. The zero-order chi connectivity index (χ0) is 21.9. The molecule has 0 atom stereocenters. The van der Waals surface area contributed by atoms with Gasteiger partial charge < -0.3 is 25.5 Å². The maximum Gasteiger partial charge on any atom is 0.327 e. The number of nitrogens with two attached hydrogens (primary N) is 1. The van der Waals surface area contributed by atoms with Gasteiger partial charge in [-0.3, -0.25) is 9.36 Å². The third kappa shape index (κ3) is 7.10. The minimum atomic E-state index is -0.726. The summed E-state index contributed by atoms with van der Waals surface area (Å²) in [5.41, 5.74) is 6.08. The molecule has 4 N–H and O–H groups in total. The van der Waals surface area contributed by atoms with Gasteiger partial charge in [-0.25, -0.2) is 14.8 Å². The first-order valence-corrected chi connectivity index (χ1v) is 10.6. The molecule has 1 saturated heterocycles. The first kappa shape index (κ1) is 23.8. The van der Waals surface area contributed by atoms with Crippen molar-refractivity contribution < 1.29 is 14.6 Å². The quantitative estimate of drug-likeness (QED) is 0.250. The number of aromatic nitrogens is 2. The number of likely N-dealkylation sites (tertiary alicyclic amines) is 1. The smallest absolute Gasteiger partial charge is 0.327 e. The summed E-state index contributed by atoms with van der Waals surface area (Å²) in [5, 5.41) is 8.91. The van der Waals surface area contributed by atoms with E-state index in [9.17, 15) is 9.59 Å². The van der Waals surface area contributed by atoms with Gasteiger partial charge in [-0.1, -0.05) is 13.3 Å². The molecule has 30 heavy (non-hydrogen) atoms. The summed E-state index contributed by atoms with van der Waals surface area (Å²) in [4.78, 5) is 36.4. The Balaban J connectivity index is 1.88. The van der Waals surface area contributed by atoms with E-state index in [1.165, 1.54) is 4.57 Å². The largest absolute Gasteiger partial charge is 0.481 e. The Kier molecular flexibility index (Phi) is 9.75. The van der Waals surface area contributed by atoms with Crippen LogP contribution in [0.2, 0.25) is 0 Å². The number of rotatable bonds is 13. The van der Waals surface area contributed by atoms with E-state index in [1.807, 2.05) is 0 Å². The average Bonchev–Trinajstić information content (AvgIpc) is 3.04. The fraction of sp³-hybridized carbons (Fsp3) is 0.700. The molecule has 0 unspecified atom stereocenters. The van der Waals surface area contributed by atoms with Gasteiger partial charge in [-0.15, -0.1) is 0 Å². The zero-order valence-electron chi connectivity index (χ0n) is 17.8. The van der Waals surface area contributed by atoms with E-state index in [4.69, 9.17) is 15.6 Å². The SMILES string of the molecule is C=Nc1c(/C(N)=N\COCCCC)[nH]c(=O)n1CCCN1CCC(CC(=O)O)CC1. The van der Waals surface area contributed by atoms with Crippen molar-refractivity contribution in [1.82, 2.24) is 14.5 Å². The predicted octanol–water partition coefficient (Wildman–Crippen LogP) is 1.56. The molecule has 2 heterocycles. The van der Waals surface area contributed by atoms with E-state index in [0.717, 1.165) is 51.7 Å². The Bertz CT molecular complexity index is 777. The number of hydrogen-bond donors (Lipinski definition) is 3. The van der Waals surface area contributed by atoms with Crippen molar-refractivity contribution >= 4 is 24.3 Å². The molecule has 0 spiro atoms. The normalized spacial score (nSPS) is 16.1. The molecule has 1 aromatic heterocycles. The van der Waals surface area contributed by atoms with E-state index < -0.39 is 5.97 Å². The van der Waals surface area contributed by atoms with Crippen molar-refractivity contribution in [2.75, 3.05) is 33.0 Å². The first-order valence-electron chi connectivity index (χ1n) is 10.6. The number of hydrogen-bond acceptors (Lipinski definition) is 6. The number of carboxylic acid groups (broad SMARTS) is 1. The number of H-pyrrole nitrogens is 1. The summed E-state index contributed by atoms with van der Waals surface area (Å²) >= 11 is 0. The summed E-state index contributed by atoms with van der Waals surface area (Å²) < 4.78 is 6.91. The van der Waals surface area contributed by atoms with Crippen LogP contribution in [0, 0.1) is 5.92 Å². The van der Waals surface area contributed by atoms with Gasteiger partial charge >= 0.3 is 11.7 Å². The van der Waals surface area contributed by atoms with Crippen LogP contribution >= 0.6 is 0 Å². The van der Waals surface area contributed by atoms with Gasteiger partial charge in [0.1, 0.15) is 18.3 Å².